The zero-order valence-corrected chi connectivity index (χ0v) is 13.0. The molecule has 0 bridgehead atoms. The largest absolute Gasteiger partial charge is 0.320 e. The number of aromatic nitrogens is 2. The number of nitrogens with one attached hydrogen (secondary N) is 1. The van der Waals surface area contributed by atoms with E-state index in [2.05, 4.69) is 29.2 Å². The molecule has 1 aromatic heterocycles. The Kier molecular flexibility index (Phi) is 7.01. The van der Waals surface area contributed by atoms with Crippen LogP contribution in [0.1, 0.15) is 34.1 Å². The third-order valence-corrected chi connectivity index (χ3v) is 3.30. The molecule has 0 aliphatic carbocycles. The number of amides is 1. The molecule has 1 amide bonds. The second kappa shape index (κ2) is 8.53. The first-order valence-electron chi connectivity index (χ1n) is 7.33. The van der Waals surface area contributed by atoms with Crippen LogP contribution < -0.4 is 5.32 Å². The zero-order valence-electron chi connectivity index (χ0n) is 13.0. The summed E-state index contributed by atoms with van der Waals surface area (Å²) in [5.74, 6) is -0.0601. The van der Waals surface area contributed by atoms with Gasteiger partial charge in [0.05, 0.1) is 18.4 Å². The lowest BCUT2D eigenvalue weighted by molar-refractivity contribution is -0.112. The minimum Gasteiger partial charge on any atom is -0.320 e. The van der Waals surface area contributed by atoms with Crippen molar-refractivity contribution >= 4 is 11.6 Å². The van der Waals surface area contributed by atoms with Crippen LogP contribution in [-0.4, -0.2) is 40.2 Å². The predicted octanol–water partition coefficient (Wildman–Crippen LogP) is 2.52. The molecule has 0 radical (unpaired) electrons. The number of allylic oxidation sites excluding steroid dienone is 1. The van der Waals surface area contributed by atoms with Crippen molar-refractivity contribution in [1.82, 2.24) is 14.7 Å². The second-order valence-corrected chi connectivity index (χ2v) is 4.77. The quantitative estimate of drug-likeness (QED) is 0.743. The van der Waals surface area contributed by atoms with E-state index in [0.29, 0.717) is 0 Å². The summed E-state index contributed by atoms with van der Waals surface area (Å²) >= 11 is 0. The number of nitrogens with zero attached hydrogens (tertiary/aromatic N) is 3. The topological polar surface area (TPSA) is 50.2 Å². The van der Waals surface area contributed by atoms with Crippen LogP contribution in [0.4, 0.5) is 5.69 Å². The van der Waals surface area contributed by atoms with Crippen molar-refractivity contribution in [3.8, 4) is 0 Å². The van der Waals surface area contributed by atoms with E-state index in [9.17, 15) is 4.79 Å². The molecule has 112 valence electrons. The van der Waals surface area contributed by atoms with Crippen LogP contribution in [0, 0.1) is 0 Å². The van der Waals surface area contributed by atoms with Crippen LogP contribution in [0.15, 0.2) is 24.0 Å². The zero-order chi connectivity index (χ0) is 15.0. The van der Waals surface area contributed by atoms with Crippen LogP contribution in [0.25, 0.3) is 0 Å². The summed E-state index contributed by atoms with van der Waals surface area (Å²) in [6, 6.07) is 0. The van der Waals surface area contributed by atoms with E-state index in [1.54, 1.807) is 6.20 Å². The Morgan fingerprint density at radius 3 is 2.70 bits per heavy atom. The van der Waals surface area contributed by atoms with Crippen molar-refractivity contribution in [3.05, 3.63) is 24.0 Å². The summed E-state index contributed by atoms with van der Waals surface area (Å²) in [5, 5.41) is 7.13. The molecule has 5 heteroatoms. The van der Waals surface area contributed by atoms with Gasteiger partial charge in [0.25, 0.3) is 5.91 Å². The van der Waals surface area contributed by atoms with Gasteiger partial charge in [-0.1, -0.05) is 26.8 Å². The monoisotopic (exact) mass is 278 g/mol. The fourth-order valence-electron chi connectivity index (χ4n) is 1.96. The van der Waals surface area contributed by atoms with E-state index < -0.39 is 0 Å². The Bertz CT molecular complexity index is 446. The number of carbonyl (C=O) groups is 1. The highest BCUT2D eigenvalue weighted by atomic mass is 16.1. The van der Waals surface area contributed by atoms with Gasteiger partial charge in [0.2, 0.25) is 0 Å². The van der Waals surface area contributed by atoms with Gasteiger partial charge in [-0.05, 0) is 26.4 Å². The van der Waals surface area contributed by atoms with Gasteiger partial charge >= 0.3 is 0 Å². The number of anilines is 1. The number of carbonyl (C=O) groups excluding carboxylic acids is 1. The maximum atomic E-state index is 11.8. The first kappa shape index (κ1) is 16.4. The summed E-state index contributed by atoms with van der Waals surface area (Å²) in [5.41, 5.74) is 1.49. The van der Waals surface area contributed by atoms with E-state index in [1.807, 2.05) is 30.8 Å². The van der Waals surface area contributed by atoms with Gasteiger partial charge in [-0.3, -0.25) is 9.48 Å². The highest BCUT2D eigenvalue weighted by Gasteiger charge is 2.06. The molecule has 0 unspecified atom stereocenters. The Hall–Kier alpha value is -1.62. The van der Waals surface area contributed by atoms with Gasteiger partial charge in [0.15, 0.2) is 0 Å². The Morgan fingerprint density at radius 2 is 2.10 bits per heavy atom. The normalized spacial score (nSPS) is 11.9. The average molecular weight is 278 g/mol. The Morgan fingerprint density at radius 1 is 1.40 bits per heavy atom. The Balaban J connectivity index is 2.51. The first-order valence-corrected chi connectivity index (χ1v) is 7.33. The van der Waals surface area contributed by atoms with E-state index >= 15 is 0 Å². The molecule has 0 fully saturated rings. The molecule has 1 aromatic rings. The van der Waals surface area contributed by atoms with E-state index in [0.717, 1.165) is 43.9 Å². The van der Waals surface area contributed by atoms with Crippen molar-refractivity contribution in [2.45, 2.75) is 40.7 Å². The van der Waals surface area contributed by atoms with Gasteiger partial charge in [-0.2, -0.15) is 5.10 Å². The number of rotatable bonds is 8. The summed E-state index contributed by atoms with van der Waals surface area (Å²) in [7, 11) is 0. The highest BCUT2D eigenvalue weighted by molar-refractivity contribution is 6.03. The van der Waals surface area contributed by atoms with E-state index in [-0.39, 0.29) is 5.91 Å². The fourth-order valence-corrected chi connectivity index (χ4v) is 1.96. The lowest BCUT2D eigenvalue weighted by Gasteiger charge is -2.17. The smallest absolute Gasteiger partial charge is 0.251 e. The molecular formula is C15H26N4O. The fraction of sp³-hybridized carbons (Fsp3) is 0.600. The third-order valence-electron chi connectivity index (χ3n) is 3.30. The summed E-state index contributed by atoms with van der Waals surface area (Å²) in [6.07, 6.45) is 6.35. The molecule has 0 saturated heterocycles. The molecular weight excluding hydrogens is 252 g/mol. The van der Waals surface area contributed by atoms with Gasteiger partial charge in [-0.25, -0.2) is 0 Å². The molecule has 1 N–H and O–H groups in total. The third kappa shape index (κ3) is 5.17. The van der Waals surface area contributed by atoms with Gasteiger partial charge < -0.3 is 10.2 Å². The summed E-state index contributed by atoms with van der Waals surface area (Å²) in [6.45, 7) is 12.0. The lowest BCUT2D eigenvalue weighted by atomic mass is 10.2. The van der Waals surface area contributed by atoms with Crippen molar-refractivity contribution in [2.75, 3.05) is 25.0 Å². The molecule has 5 nitrogen and oxygen atoms in total. The molecule has 1 rings (SSSR count). The highest BCUT2D eigenvalue weighted by Crippen LogP contribution is 2.07. The van der Waals surface area contributed by atoms with Crippen molar-refractivity contribution in [3.63, 3.8) is 0 Å². The van der Waals surface area contributed by atoms with Gasteiger partial charge in [0, 0.05) is 18.3 Å². The number of hydrogen-bond acceptors (Lipinski definition) is 3. The molecule has 1 heterocycles. The predicted molar refractivity (Wildman–Crippen MR) is 82.7 cm³/mol. The van der Waals surface area contributed by atoms with Crippen LogP contribution >= 0.6 is 0 Å². The molecule has 0 aromatic carbocycles. The van der Waals surface area contributed by atoms with E-state index in [1.165, 1.54) is 0 Å². The molecule has 20 heavy (non-hydrogen) atoms. The maximum Gasteiger partial charge on any atom is 0.251 e. The molecule has 0 aliphatic heterocycles. The van der Waals surface area contributed by atoms with Crippen molar-refractivity contribution < 1.29 is 4.79 Å². The first-order chi connectivity index (χ1) is 9.60. The SMILES string of the molecule is CC/C=C(\C)C(=O)Nc1cnn(CCN(CC)CC)c1. The molecule has 0 aliphatic rings. The number of likely N-dealkylation sites (N-methyl/N-ethyl adjacent to an activating group) is 1. The summed E-state index contributed by atoms with van der Waals surface area (Å²) < 4.78 is 1.87. The number of hydrogen-bond donors (Lipinski definition) is 1. The lowest BCUT2D eigenvalue weighted by Crippen LogP contribution is -2.27. The van der Waals surface area contributed by atoms with Crippen molar-refractivity contribution in [2.24, 2.45) is 0 Å². The van der Waals surface area contributed by atoms with Gasteiger partial charge in [0.1, 0.15) is 0 Å². The molecule has 0 saturated carbocycles. The Labute approximate surface area is 121 Å². The second-order valence-electron chi connectivity index (χ2n) is 4.77. The summed E-state index contributed by atoms with van der Waals surface area (Å²) in [4.78, 5) is 14.2. The molecule has 0 atom stereocenters. The van der Waals surface area contributed by atoms with Crippen LogP contribution in [0.3, 0.4) is 0 Å². The van der Waals surface area contributed by atoms with Crippen LogP contribution in [-0.2, 0) is 11.3 Å². The van der Waals surface area contributed by atoms with Gasteiger partial charge in [-0.15, -0.1) is 0 Å². The minimum atomic E-state index is -0.0601. The van der Waals surface area contributed by atoms with E-state index in [4.69, 9.17) is 0 Å². The average Bonchev–Trinajstić information content (AvgIpc) is 2.87. The maximum absolute atomic E-state index is 11.8. The van der Waals surface area contributed by atoms with Crippen LogP contribution in [0.2, 0.25) is 0 Å². The molecule has 0 spiro atoms. The van der Waals surface area contributed by atoms with Crippen LogP contribution in [0.5, 0.6) is 0 Å². The standard InChI is InChI=1S/C15H26N4O/c1-5-8-13(4)15(20)17-14-11-16-19(12-14)10-9-18(6-2)7-3/h8,11-12H,5-7,9-10H2,1-4H3,(H,17,20)/b13-8+. The van der Waals surface area contributed by atoms with Crippen molar-refractivity contribution in [1.29, 1.82) is 0 Å². The minimum absolute atomic E-state index is 0.0601.